The zero-order valence-electron chi connectivity index (χ0n) is 6.41. The summed E-state index contributed by atoms with van der Waals surface area (Å²) in [6.07, 6.45) is -4.90. The number of hydrogen-bond donors (Lipinski definition) is 1. The van der Waals surface area contributed by atoms with Crippen molar-refractivity contribution in [3.8, 4) is 0 Å². The second-order valence-corrected chi connectivity index (χ2v) is 2.22. The van der Waals surface area contributed by atoms with Gasteiger partial charge in [0.05, 0.1) is 0 Å². The van der Waals surface area contributed by atoms with Gasteiger partial charge in [0.1, 0.15) is 6.54 Å². The van der Waals surface area contributed by atoms with Crippen LogP contribution in [-0.2, 0) is 17.5 Å². The molecule has 0 aromatic carbocycles. The van der Waals surface area contributed by atoms with Crippen LogP contribution in [0.3, 0.4) is 0 Å². The van der Waals surface area contributed by atoms with Crippen LogP contribution in [0.5, 0.6) is 0 Å². The van der Waals surface area contributed by atoms with E-state index >= 15 is 0 Å². The molecule has 78 valence electrons. The standard InChI is InChI=1S/C5H3F3N2O4/c6-5(7,8)3-9-10(1-2(11)12)4(13)14-3/h1H2,(H,11,12). The first-order chi connectivity index (χ1) is 6.30. The number of halogens is 3. The highest BCUT2D eigenvalue weighted by Crippen LogP contribution is 2.26. The number of alkyl halides is 3. The van der Waals surface area contributed by atoms with Gasteiger partial charge in [0.15, 0.2) is 0 Å². The van der Waals surface area contributed by atoms with E-state index < -0.39 is 30.3 Å². The van der Waals surface area contributed by atoms with Gasteiger partial charge in [-0.3, -0.25) is 4.79 Å². The maximum atomic E-state index is 11.9. The normalized spacial score (nSPS) is 11.6. The monoisotopic (exact) mass is 212 g/mol. The van der Waals surface area contributed by atoms with Crippen molar-refractivity contribution in [3.63, 3.8) is 0 Å². The predicted octanol–water partition coefficient (Wildman–Crippen LogP) is -0.0603. The Hall–Kier alpha value is -1.80. The van der Waals surface area contributed by atoms with Gasteiger partial charge >= 0.3 is 23.8 Å². The van der Waals surface area contributed by atoms with Gasteiger partial charge < -0.3 is 9.52 Å². The highest BCUT2D eigenvalue weighted by molar-refractivity contribution is 5.66. The summed E-state index contributed by atoms with van der Waals surface area (Å²) in [6.45, 7) is -0.974. The Balaban J connectivity index is 3.06. The van der Waals surface area contributed by atoms with E-state index in [4.69, 9.17) is 5.11 Å². The molecule has 0 aliphatic rings. The summed E-state index contributed by atoms with van der Waals surface area (Å²) < 4.78 is 39.4. The van der Waals surface area contributed by atoms with E-state index in [1.807, 2.05) is 0 Å². The molecular formula is C5H3F3N2O4. The summed E-state index contributed by atoms with van der Waals surface area (Å²) in [5, 5.41) is 10.8. The van der Waals surface area contributed by atoms with Crippen LogP contribution in [0.4, 0.5) is 13.2 Å². The third kappa shape index (κ3) is 2.12. The van der Waals surface area contributed by atoms with Crippen LogP contribution in [-0.4, -0.2) is 20.9 Å². The lowest BCUT2D eigenvalue weighted by atomic mass is 10.6. The minimum atomic E-state index is -4.90. The molecule has 0 saturated heterocycles. The van der Waals surface area contributed by atoms with Gasteiger partial charge in [-0.25, -0.2) is 4.79 Å². The third-order valence-electron chi connectivity index (χ3n) is 1.13. The van der Waals surface area contributed by atoms with Crippen LogP contribution in [0, 0.1) is 0 Å². The lowest BCUT2D eigenvalue weighted by Gasteiger charge is -1.96. The zero-order chi connectivity index (χ0) is 10.9. The predicted molar refractivity (Wildman–Crippen MR) is 33.4 cm³/mol. The first-order valence-corrected chi connectivity index (χ1v) is 3.17. The fourth-order valence-electron chi connectivity index (χ4n) is 0.649. The highest BCUT2D eigenvalue weighted by Gasteiger charge is 2.38. The number of carboxylic acid groups (broad SMARTS) is 1. The van der Waals surface area contributed by atoms with E-state index in [0.717, 1.165) is 0 Å². The fraction of sp³-hybridized carbons (Fsp3) is 0.400. The zero-order valence-corrected chi connectivity index (χ0v) is 6.41. The fourth-order valence-corrected chi connectivity index (χ4v) is 0.649. The van der Waals surface area contributed by atoms with Crippen molar-refractivity contribution in [2.45, 2.75) is 12.7 Å². The Morgan fingerprint density at radius 1 is 1.57 bits per heavy atom. The average molecular weight is 212 g/mol. The number of rotatable bonds is 2. The van der Waals surface area contributed by atoms with E-state index in [-0.39, 0.29) is 4.68 Å². The SMILES string of the molecule is O=C(O)Cn1nc(C(F)(F)F)oc1=O. The van der Waals surface area contributed by atoms with Gasteiger partial charge in [0.2, 0.25) is 0 Å². The molecule has 1 aromatic rings. The molecule has 0 bridgehead atoms. The summed E-state index contributed by atoms with van der Waals surface area (Å²) in [6, 6.07) is 0. The lowest BCUT2D eigenvalue weighted by Crippen LogP contribution is -2.21. The molecule has 0 aliphatic carbocycles. The van der Waals surface area contributed by atoms with Gasteiger partial charge in [-0.15, -0.1) is 5.10 Å². The Bertz CT molecular complexity index is 404. The minimum Gasteiger partial charge on any atom is -0.480 e. The Labute approximate surface area is 73.6 Å². The molecule has 0 spiro atoms. The number of carbonyl (C=O) groups is 1. The first-order valence-electron chi connectivity index (χ1n) is 3.17. The first kappa shape index (κ1) is 10.3. The van der Waals surface area contributed by atoms with Crippen molar-refractivity contribution < 1.29 is 27.5 Å². The second-order valence-electron chi connectivity index (χ2n) is 2.22. The van der Waals surface area contributed by atoms with Crippen molar-refractivity contribution >= 4 is 5.97 Å². The molecule has 1 heterocycles. The van der Waals surface area contributed by atoms with Gasteiger partial charge in [0, 0.05) is 0 Å². The molecule has 0 amide bonds. The average Bonchev–Trinajstić information content (AvgIpc) is 2.30. The van der Waals surface area contributed by atoms with E-state index in [0.29, 0.717) is 0 Å². The third-order valence-corrected chi connectivity index (χ3v) is 1.13. The molecule has 1 aromatic heterocycles. The maximum Gasteiger partial charge on any atom is 0.470 e. The van der Waals surface area contributed by atoms with Crippen LogP contribution >= 0.6 is 0 Å². The van der Waals surface area contributed by atoms with Gasteiger partial charge in [-0.1, -0.05) is 0 Å². The van der Waals surface area contributed by atoms with Crippen molar-refractivity contribution in [2.24, 2.45) is 0 Å². The van der Waals surface area contributed by atoms with Gasteiger partial charge in [0.25, 0.3) is 0 Å². The Kier molecular flexibility index (Phi) is 2.32. The Morgan fingerprint density at radius 3 is 2.50 bits per heavy atom. The van der Waals surface area contributed by atoms with Crippen molar-refractivity contribution in [1.82, 2.24) is 9.78 Å². The number of aromatic nitrogens is 2. The van der Waals surface area contributed by atoms with Crippen LogP contribution in [0.1, 0.15) is 5.89 Å². The topological polar surface area (TPSA) is 85.3 Å². The summed E-state index contributed by atoms with van der Waals surface area (Å²) in [5.74, 6) is -4.71. The molecule has 0 radical (unpaired) electrons. The van der Waals surface area contributed by atoms with Crippen LogP contribution < -0.4 is 5.76 Å². The number of carboxylic acids is 1. The minimum absolute atomic E-state index is 0.0746. The summed E-state index contributed by atoms with van der Waals surface area (Å²) in [7, 11) is 0. The van der Waals surface area contributed by atoms with Crippen LogP contribution in [0.2, 0.25) is 0 Å². The molecule has 14 heavy (non-hydrogen) atoms. The van der Waals surface area contributed by atoms with Gasteiger partial charge in [-0.05, 0) is 0 Å². The molecule has 9 heteroatoms. The highest BCUT2D eigenvalue weighted by atomic mass is 19.4. The summed E-state index contributed by atoms with van der Waals surface area (Å²) in [4.78, 5) is 20.6. The van der Waals surface area contributed by atoms with E-state index in [1.165, 1.54) is 0 Å². The molecule has 0 fully saturated rings. The van der Waals surface area contributed by atoms with E-state index in [2.05, 4.69) is 9.52 Å². The van der Waals surface area contributed by atoms with Crippen molar-refractivity contribution in [1.29, 1.82) is 0 Å². The van der Waals surface area contributed by atoms with E-state index in [1.54, 1.807) is 0 Å². The Morgan fingerprint density at radius 2 is 2.14 bits per heavy atom. The molecule has 0 saturated carbocycles. The molecule has 1 rings (SSSR count). The molecule has 0 aliphatic heterocycles. The molecule has 6 nitrogen and oxygen atoms in total. The van der Waals surface area contributed by atoms with Crippen LogP contribution in [0.25, 0.3) is 0 Å². The second kappa shape index (κ2) is 3.16. The van der Waals surface area contributed by atoms with Gasteiger partial charge in [-0.2, -0.15) is 17.9 Å². The quantitative estimate of drug-likeness (QED) is 0.742. The molecule has 0 unspecified atom stereocenters. The largest absolute Gasteiger partial charge is 0.480 e. The van der Waals surface area contributed by atoms with Crippen molar-refractivity contribution in [2.75, 3.05) is 0 Å². The maximum absolute atomic E-state index is 11.9. The van der Waals surface area contributed by atoms with E-state index in [9.17, 15) is 22.8 Å². The number of aliphatic carboxylic acids is 1. The lowest BCUT2D eigenvalue weighted by molar-refractivity contribution is -0.158. The summed E-state index contributed by atoms with van der Waals surface area (Å²) >= 11 is 0. The molecule has 0 atom stereocenters. The molecule has 1 N–H and O–H groups in total. The smallest absolute Gasteiger partial charge is 0.470 e. The summed E-state index contributed by atoms with van der Waals surface area (Å²) in [5.41, 5.74) is 0. The number of hydrogen-bond acceptors (Lipinski definition) is 4. The molecular weight excluding hydrogens is 209 g/mol. The van der Waals surface area contributed by atoms with Crippen molar-refractivity contribution in [3.05, 3.63) is 16.4 Å². The number of nitrogens with zero attached hydrogens (tertiary/aromatic N) is 2. The van der Waals surface area contributed by atoms with Crippen LogP contribution in [0.15, 0.2) is 9.21 Å².